The van der Waals surface area contributed by atoms with Crippen molar-refractivity contribution in [2.75, 3.05) is 14.2 Å². The minimum absolute atomic E-state index is 0.282. The van der Waals surface area contributed by atoms with Crippen LogP contribution in [0.25, 0.3) is 0 Å². The van der Waals surface area contributed by atoms with E-state index in [9.17, 15) is 9.59 Å². The Morgan fingerprint density at radius 1 is 1.43 bits per heavy atom. The smallest absolute Gasteiger partial charge is 0.318 e. The van der Waals surface area contributed by atoms with Gasteiger partial charge in [0.1, 0.15) is 5.92 Å². The molecule has 6 heteroatoms. The van der Waals surface area contributed by atoms with E-state index in [1.54, 1.807) is 20.1 Å². The Hall–Kier alpha value is -2.24. The molecule has 2 aliphatic heterocycles. The number of esters is 1. The van der Waals surface area contributed by atoms with Gasteiger partial charge in [-0.3, -0.25) is 9.59 Å². The van der Waals surface area contributed by atoms with Crippen LogP contribution in [0.4, 0.5) is 0 Å². The zero-order valence-electron chi connectivity index (χ0n) is 12.1. The zero-order valence-corrected chi connectivity index (χ0v) is 12.1. The maximum Gasteiger partial charge on any atom is 0.318 e. The molecule has 0 spiro atoms. The molecule has 0 unspecified atom stereocenters. The Balaban J connectivity index is 2.14. The fraction of sp³-hybridized carbons (Fsp3) is 0.467. The molecule has 0 aromatic heterocycles. The predicted octanol–water partition coefficient (Wildman–Crippen LogP) is 1.20. The van der Waals surface area contributed by atoms with Crippen molar-refractivity contribution in [1.29, 1.82) is 0 Å². The van der Waals surface area contributed by atoms with Crippen LogP contribution in [-0.4, -0.2) is 31.8 Å². The predicted molar refractivity (Wildman–Crippen MR) is 73.0 cm³/mol. The van der Waals surface area contributed by atoms with Crippen LogP contribution in [0.1, 0.15) is 24.8 Å². The van der Waals surface area contributed by atoms with Crippen molar-refractivity contribution in [1.82, 2.24) is 5.32 Å². The quantitative estimate of drug-likeness (QED) is 0.654. The van der Waals surface area contributed by atoms with E-state index in [1.807, 2.05) is 12.1 Å². The maximum absolute atomic E-state index is 12.3. The van der Waals surface area contributed by atoms with Gasteiger partial charge in [0.25, 0.3) is 0 Å². The van der Waals surface area contributed by atoms with Crippen molar-refractivity contribution >= 4 is 11.9 Å². The van der Waals surface area contributed by atoms with Crippen molar-refractivity contribution in [3.05, 3.63) is 23.8 Å². The maximum atomic E-state index is 12.3. The third-order valence-corrected chi connectivity index (χ3v) is 4.09. The van der Waals surface area contributed by atoms with Gasteiger partial charge < -0.3 is 19.5 Å². The van der Waals surface area contributed by atoms with E-state index in [0.29, 0.717) is 17.9 Å². The SMILES string of the molecule is COC(=O)[C@H]1C(=O)N[C@]2(C)C[C@H]1c1cccc(OC)c1O2. The summed E-state index contributed by atoms with van der Waals surface area (Å²) in [5, 5.41) is 2.76. The summed E-state index contributed by atoms with van der Waals surface area (Å²) in [7, 11) is 2.84. The molecular weight excluding hydrogens is 274 g/mol. The molecule has 6 nitrogen and oxygen atoms in total. The monoisotopic (exact) mass is 291 g/mol. The fourth-order valence-electron chi connectivity index (χ4n) is 3.18. The first kappa shape index (κ1) is 13.7. The number of nitrogens with one attached hydrogen (secondary N) is 1. The molecule has 1 aromatic rings. The Labute approximate surface area is 122 Å². The number of amides is 1. The highest BCUT2D eigenvalue weighted by Gasteiger charge is 2.52. The molecule has 0 radical (unpaired) electrons. The van der Waals surface area contributed by atoms with Crippen LogP contribution in [0, 0.1) is 5.92 Å². The van der Waals surface area contributed by atoms with E-state index in [2.05, 4.69) is 5.32 Å². The molecule has 112 valence electrons. The molecule has 1 saturated heterocycles. The number of benzene rings is 1. The number of hydrogen-bond donors (Lipinski definition) is 1. The molecule has 1 fully saturated rings. The van der Waals surface area contributed by atoms with Gasteiger partial charge in [-0.1, -0.05) is 12.1 Å². The largest absolute Gasteiger partial charge is 0.493 e. The number of para-hydroxylation sites is 1. The van der Waals surface area contributed by atoms with Crippen molar-refractivity contribution in [2.24, 2.45) is 5.92 Å². The first-order valence-corrected chi connectivity index (χ1v) is 6.75. The third kappa shape index (κ3) is 2.02. The lowest BCUT2D eigenvalue weighted by Crippen LogP contribution is -2.62. The molecule has 2 aliphatic rings. The molecule has 2 bridgehead atoms. The number of methoxy groups -OCH3 is 2. The van der Waals surface area contributed by atoms with Gasteiger partial charge in [-0.25, -0.2) is 0 Å². The van der Waals surface area contributed by atoms with Gasteiger partial charge in [0.15, 0.2) is 17.2 Å². The van der Waals surface area contributed by atoms with Crippen molar-refractivity contribution < 1.29 is 23.8 Å². The van der Waals surface area contributed by atoms with Crippen LogP contribution in [-0.2, 0) is 14.3 Å². The topological polar surface area (TPSA) is 73.9 Å². The van der Waals surface area contributed by atoms with Gasteiger partial charge in [0.05, 0.1) is 14.2 Å². The fourth-order valence-corrected chi connectivity index (χ4v) is 3.18. The standard InChI is InChI=1S/C15H17NO5/c1-15-7-9(11(13(17)16-15)14(18)20-3)8-5-4-6-10(19-2)12(8)21-15/h4-6,9,11H,7H2,1-3H3,(H,16,17)/t9-,11+,15-/m0/s1. The minimum Gasteiger partial charge on any atom is -0.493 e. The Bertz CT molecular complexity index is 614. The van der Waals surface area contributed by atoms with Crippen molar-refractivity contribution in [2.45, 2.75) is 25.0 Å². The normalized spacial score (nSPS) is 29.8. The number of hydrogen-bond acceptors (Lipinski definition) is 5. The van der Waals surface area contributed by atoms with Crippen molar-refractivity contribution in [3.63, 3.8) is 0 Å². The average molecular weight is 291 g/mol. The van der Waals surface area contributed by atoms with Gasteiger partial charge in [-0.05, 0) is 13.0 Å². The summed E-state index contributed by atoms with van der Waals surface area (Å²) in [5.41, 5.74) is -0.0365. The average Bonchev–Trinajstić information content (AvgIpc) is 2.45. The Morgan fingerprint density at radius 2 is 2.19 bits per heavy atom. The summed E-state index contributed by atoms with van der Waals surface area (Å²) in [6.45, 7) is 1.79. The highest BCUT2D eigenvalue weighted by atomic mass is 16.5. The lowest BCUT2D eigenvalue weighted by Gasteiger charge is -2.46. The summed E-state index contributed by atoms with van der Waals surface area (Å²) in [4.78, 5) is 24.2. The number of fused-ring (bicyclic) bond motifs is 4. The van der Waals surface area contributed by atoms with E-state index in [0.717, 1.165) is 5.56 Å². The second-order valence-corrected chi connectivity index (χ2v) is 5.51. The van der Waals surface area contributed by atoms with E-state index >= 15 is 0 Å². The lowest BCUT2D eigenvalue weighted by molar-refractivity contribution is -0.158. The second-order valence-electron chi connectivity index (χ2n) is 5.51. The van der Waals surface area contributed by atoms with Crippen LogP contribution in [0.15, 0.2) is 18.2 Å². The molecule has 3 rings (SSSR count). The van der Waals surface area contributed by atoms with Gasteiger partial charge in [0.2, 0.25) is 5.91 Å². The number of rotatable bonds is 2. The Kier molecular flexibility index (Phi) is 3.04. The second kappa shape index (κ2) is 4.65. The molecule has 0 aliphatic carbocycles. The minimum atomic E-state index is -0.863. The van der Waals surface area contributed by atoms with Crippen LogP contribution in [0.2, 0.25) is 0 Å². The van der Waals surface area contributed by atoms with E-state index in [-0.39, 0.29) is 11.8 Å². The summed E-state index contributed by atoms with van der Waals surface area (Å²) in [5.74, 6) is -0.881. The summed E-state index contributed by atoms with van der Waals surface area (Å²) >= 11 is 0. The van der Waals surface area contributed by atoms with E-state index < -0.39 is 17.6 Å². The molecule has 0 saturated carbocycles. The molecule has 1 aromatic carbocycles. The van der Waals surface area contributed by atoms with E-state index in [4.69, 9.17) is 14.2 Å². The summed E-state index contributed by atoms with van der Waals surface area (Å²) in [6, 6.07) is 5.47. The highest BCUT2D eigenvalue weighted by molar-refractivity contribution is 6.00. The molecule has 21 heavy (non-hydrogen) atoms. The van der Waals surface area contributed by atoms with Crippen LogP contribution >= 0.6 is 0 Å². The number of carbonyl (C=O) groups is 2. The number of piperidine rings is 1. The number of carbonyl (C=O) groups excluding carboxylic acids is 2. The lowest BCUT2D eigenvalue weighted by atomic mass is 9.74. The van der Waals surface area contributed by atoms with Gasteiger partial charge in [-0.2, -0.15) is 0 Å². The van der Waals surface area contributed by atoms with Gasteiger partial charge >= 0.3 is 5.97 Å². The molecule has 1 amide bonds. The zero-order chi connectivity index (χ0) is 15.2. The molecular formula is C15H17NO5. The molecule has 2 heterocycles. The van der Waals surface area contributed by atoms with E-state index in [1.165, 1.54) is 7.11 Å². The number of ether oxygens (including phenoxy) is 3. The first-order valence-electron chi connectivity index (χ1n) is 6.75. The summed E-state index contributed by atoms with van der Waals surface area (Å²) < 4.78 is 16.0. The Morgan fingerprint density at radius 3 is 2.86 bits per heavy atom. The van der Waals surface area contributed by atoms with Crippen molar-refractivity contribution in [3.8, 4) is 11.5 Å². The molecule has 1 N–H and O–H groups in total. The van der Waals surface area contributed by atoms with Gasteiger partial charge in [-0.15, -0.1) is 0 Å². The molecule has 3 atom stereocenters. The first-order chi connectivity index (χ1) is 9.99. The summed E-state index contributed by atoms with van der Waals surface area (Å²) in [6.07, 6.45) is 0.513. The van der Waals surface area contributed by atoms with Crippen LogP contribution in [0.3, 0.4) is 0 Å². The van der Waals surface area contributed by atoms with Crippen LogP contribution < -0.4 is 14.8 Å². The third-order valence-electron chi connectivity index (χ3n) is 4.09. The highest BCUT2D eigenvalue weighted by Crippen LogP contribution is 2.50. The van der Waals surface area contributed by atoms with Gasteiger partial charge in [0, 0.05) is 17.9 Å². The van der Waals surface area contributed by atoms with Crippen LogP contribution in [0.5, 0.6) is 11.5 Å².